The quantitative estimate of drug-likeness (QED) is 0.513. The molecule has 0 bridgehead atoms. The molecule has 7 nitrogen and oxygen atoms in total. The standard InChI is InChI=1S/C16H16N4O3/c1-10-14(6-7-17-2)18-16(23-10)20-8-11-4-3-5-12(13(11)9-20)15(21)19-22/h3-7,22H,2,8-9H2,1H3,(H,19,21)/b7-6-. The Hall–Kier alpha value is -2.93. The lowest BCUT2D eigenvalue weighted by molar-refractivity contribution is 0.0705. The Balaban J connectivity index is 1.89. The van der Waals surface area contributed by atoms with Crippen LogP contribution in [0.25, 0.3) is 6.08 Å². The lowest BCUT2D eigenvalue weighted by Gasteiger charge is -2.11. The summed E-state index contributed by atoms with van der Waals surface area (Å²) in [6, 6.07) is 5.90. The molecule has 1 aliphatic heterocycles. The number of hydroxylamine groups is 1. The molecular formula is C16H16N4O3. The van der Waals surface area contributed by atoms with Crippen LogP contribution in [0.2, 0.25) is 0 Å². The van der Waals surface area contributed by atoms with E-state index in [1.807, 2.05) is 17.9 Å². The van der Waals surface area contributed by atoms with Crippen LogP contribution in [0.3, 0.4) is 0 Å². The average molecular weight is 312 g/mol. The summed E-state index contributed by atoms with van der Waals surface area (Å²) in [5.74, 6) is 0.164. The van der Waals surface area contributed by atoms with Gasteiger partial charge in [-0.2, -0.15) is 4.98 Å². The summed E-state index contributed by atoms with van der Waals surface area (Å²) in [6.45, 7) is 6.29. The molecule has 0 saturated carbocycles. The molecule has 0 aliphatic carbocycles. The molecule has 0 fully saturated rings. The first-order valence-electron chi connectivity index (χ1n) is 7.04. The zero-order chi connectivity index (χ0) is 16.4. The number of amides is 1. The number of carbonyl (C=O) groups excluding carboxylic acids is 1. The number of nitrogens with one attached hydrogen (secondary N) is 1. The van der Waals surface area contributed by atoms with Crippen LogP contribution >= 0.6 is 0 Å². The highest BCUT2D eigenvalue weighted by atomic mass is 16.5. The lowest BCUT2D eigenvalue weighted by atomic mass is 10.0. The van der Waals surface area contributed by atoms with Gasteiger partial charge in [-0.25, -0.2) is 5.48 Å². The van der Waals surface area contributed by atoms with E-state index in [-0.39, 0.29) is 0 Å². The van der Waals surface area contributed by atoms with Gasteiger partial charge in [-0.15, -0.1) is 0 Å². The fourth-order valence-corrected chi connectivity index (χ4v) is 2.64. The maximum absolute atomic E-state index is 11.7. The maximum Gasteiger partial charge on any atom is 0.298 e. The number of oxazole rings is 1. The highest BCUT2D eigenvalue weighted by Gasteiger charge is 2.27. The molecule has 0 spiro atoms. The van der Waals surface area contributed by atoms with Crippen LogP contribution in [-0.2, 0) is 13.1 Å². The Bertz CT molecular complexity index is 795. The molecular weight excluding hydrogens is 296 g/mol. The van der Waals surface area contributed by atoms with Crippen molar-refractivity contribution in [3.05, 3.63) is 52.5 Å². The number of aryl methyl sites for hydroxylation is 1. The molecule has 0 atom stereocenters. The Labute approximate surface area is 132 Å². The molecule has 1 aromatic carbocycles. The van der Waals surface area contributed by atoms with Gasteiger partial charge in [0, 0.05) is 24.9 Å². The maximum atomic E-state index is 11.7. The molecule has 0 saturated heterocycles. The number of hydrogen-bond donors (Lipinski definition) is 2. The summed E-state index contributed by atoms with van der Waals surface area (Å²) in [5, 5.41) is 8.86. The van der Waals surface area contributed by atoms with E-state index in [9.17, 15) is 4.79 Å². The third-order valence-electron chi connectivity index (χ3n) is 3.76. The van der Waals surface area contributed by atoms with Crippen molar-refractivity contribution in [3.63, 3.8) is 0 Å². The second-order valence-electron chi connectivity index (χ2n) is 5.18. The number of rotatable bonds is 4. The predicted molar refractivity (Wildman–Crippen MR) is 85.4 cm³/mol. The molecule has 7 heteroatoms. The predicted octanol–water partition coefficient (Wildman–Crippen LogP) is 2.29. The Kier molecular flexibility index (Phi) is 3.94. The minimum absolute atomic E-state index is 0.451. The SMILES string of the molecule is C=N/C=C\c1nc(N2Cc3cccc(C(=O)NO)c3C2)oc1C. The number of hydrogen-bond acceptors (Lipinski definition) is 6. The van der Waals surface area contributed by atoms with E-state index in [1.165, 1.54) is 0 Å². The summed E-state index contributed by atoms with van der Waals surface area (Å²) in [7, 11) is 0. The molecule has 118 valence electrons. The second kappa shape index (κ2) is 6.05. The van der Waals surface area contributed by atoms with Crippen molar-refractivity contribution < 1.29 is 14.4 Å². The van der Waals surface area contributed by atoms with Crippen LogP contribution < -0.4 is 10.4 Å². The molecule has 3 rings (SSSR count). The van der Waals surface area contributed by atoms with Crippen molar-refractivity contribution in [2.75, 3.05) is 4.90 Å². The van der Waals surface area contributed by atoms with Gasteiger partial charge in [-0.3, -0.25) is 15.0 Å². The van der Waals surface area contributed by atoms with Gasteiger partial charge in [0.15, 0.2) is 0 Å². The number of benzene rings is 1. The minimum Gasteiger partial charge on any atom is -0.428 e. The van der Waals surface area contributed by atoms with Gasteiger partial charge in [0.1, 0.15) is 11.5 Å². The van der Waals surface area contributed by atoms with E-state index >= 15 is 0 Å². The topological polar surface area (TPSA) is 91.0 Å². The smallest absolute Gasteiger partial charge is 0.298 e. The van der Waals surface area contributed by atoms with Gasteiger partial charge in [0.25, 0.3) is 11.9 Å². The van der Waals surface area contributed by atoms with Gasteiger partial charge in [0.2, 0.25) is 0 Å². The van der Waals surface area contributed by atoms with Gasteiger partial charge in [-0.1, -0.05) is 12.1 Å². The number of fused-ring (bicyclic) bond motifs is 1. The van der Waals surface area contributed by atoms with Crippen molar-refractivity contribution >= 4 is 24.7 Å². The number of nitrogens with zero attached hydrogens (tertiary/aromatic N) is 3. The average Bonchev–Trinajstić information content (AvgIpc) is 3.15. The van der Waals surface area contributed by atoms with E-state index in [1.54, 1.807) is 29.9 Å². The summed E-state index contributed by atoms with van der Waals surface area (Å²) in [5.41, 5.74) is 4.69. The van der Waals surface area contributed by atoms with Crippen molar-refractivity contribution in [2.24, 2.45) is 4.99 Å². The second-order valence-corrected chi connectivity index (χ2v) is 5.18. The van der Waals surface area contributed by atoms with Crippen LogP contribution in [0.15, 0.2) is 33.8 Å². The Morgan fingerprint density at radius 2 is 2.35 bits per heavy atom. The van der Waals surface area contributed by atoms with Crippen LogP contribution in [-0.4, -0.2) is 22.8 Å². The molecule has 23 heavy (non-hydrogen) atoms. The van der Waals surface area contributed by atoms with E-state index in [0.717, 1.165) is 11.1 Å². The number of anilines is 1. The van der Waals surface area contributed by atoms with Crippen molar-refractivity contribution in [2.45, 2.75) is 20.0 Å². The van der Waals surface area contributed by atoms with Gasteiger partial charge in [0.05, 0.1) is 0 Å². The lowest BCUT2D eigenvalue weighted by Crippen LogP contribution is -2.21. The minimum atomic E-state index is -0.520. The molecule has 1 amide bonds. The van der Waals surface area contributed by atoms with Crippen molar-refractivity contribution in [3.8, 4) is 0 Å². The fourth-order valence-electron chi connectivity index (χ4n) is 2.64. The Morgan fingerprint density at radius 3 is 3.09 bits per heavy atom. The summed E-state index contributed by atoms with van der Waals surface area (Å²) in [4.78, 5) is 21.8. The Morgan fingerprint density at radius 1 is 1.52 bits per heavy atom. The van der Waals surface area contributed by atoms with Crippen LogP contribution in [0.4, 0.5) is 6.01 Å². The van der Waals surface area contributed by atoms with E-state index in [2.05, 4.69) is 16.7 Å². The van der Waals surface area contributed by atoms with Crippen LogP contribution in [0, 0.1) is 6.92 Å². The first kappa shape index (κ1) is 15.0. The summed E-state index contributed by atoms with van der Waals surface area (Å²) in [6.07, 6.45) is 3.28. The van der Waals surface area contributed by atoms with Crippen LogP contribution in [0.1, 0.15) is 32.9 Å². The van der Waals surface area contributed by atoms with E-state index in [4.69, 9.17) is 9.62 Å². The van der Waals surface area contributed by atoms with Gasteiger partial charge < -0.3 is 9.32 Å². The molecule has 2 aromatic rings. The fraction of sp³-hybridized carbons (Fsp3) is 0.188. The largest absolute Gasteiger partial charge is 0.428 e. The zero-order valence-corrected chi connectivity index (χ0v) is 12.6. The van der Waals surface area contributed by atoms with E-state index < -0.39 is 5.91 Å². The molecule has 2 N–H and O–H groups in total. The number of aliphatic imine (C=N–C) groups is 1. The summed E-state index contributed by atoms with van der Waals surface area (Å²) < 4.78 is 5.71. The molecule has 0 radical (unpaired) electrons. The highest BCUT2D eigenvalue weighted by molar-refractivity contribution is 5.95. The number of carbonyl (C=O) groups is 1. The van der Waals surface area contributed by atoms with Gasteiger partial charge in [-0.05, 0) is 36.9 Å². The molecule has 1 aromatic heterocycles. The third-order valence-corrected chi connectivity index (χ3v) is 3.76. The summed E-state index contributed by atoms with van der Waals surface area (Å²) >= 11 is 0. The van der Waals surface area contributed by atoms with E-state index in [0.29, 0.717) is 36.1 Å². The van der Waals surface area contributed by atoms with Crippen molar-refractivity contribution in [1.29, 1.82) is 0 Å². The first-order valence-corrected chi connectivity index (χ1v) is 7.04. The van der Waals surface area contributed by atoms with Gasteiger partial charge >= 0.3 is 0 Å². The number of aromatic nitrogens is 1. The third kappa shape index (κ3) is 2.74. The first-order chi connectivity index (χ1) is 11.1. The zero-order valence-electron chi connectivity index (χ0n) is 12.6. The molecule has 1 aliphatic rings. The molecule has 0 unspecified atom stereocenters. The van der Waals surface area contributed by atoms with Crippen LogP contribution in [0.5, 0.6) is 0 Å². The normalized spacial score (nSPS) is 13.4. The molecule has 2 heterocycles. The van der Waals surface area contributed by atoms with Crippen molar-refractivity contribution in [1.82, 2.24) is 10.5 Å². The monoisotopic (exact) mass is 312 g/mol. The highest BCUT2D eigenvalue weighted by Crippen LogP contribution is 2.31.